The minimum Gasteiger partial charge on any atom is -0.374 e. The van der Waals surface area contributed by atoms with Gasteiger partial charge in [-0.05, 0) is 30.9 Å². The number of rotatable bonds is 3. The van der Waals surface area contributed by atoms with Gasteiger partial charge in [0.15, 0.2) is 0 Å². The van der Waals surface area contributed by atoms with Crippen LogP contribution in [0.1, 0.15) is 36.7 Å². The minimum atomic E-state index is -0.155. The number of carbonyl (C=O) groups is 2. The molecule has 6 heteroatoms. The van der Waals surface area contributed by atoms with Gasteiger partial charge >= 0.3 is 0 Å². The second-order valence-electron chi connectivity index (χ2n) is 5.96. The van der Waals surface area contributed by atoms with Crippen LogP contribution >= 0.6 is 0 Å². The summed E-state index contributed by atoms with van der Waals surface area (Å²) in [7, 11) is 0. The van der Waals surface area contributed by atoms with Gasteiger partial charge in [-0.2, -0.15) is 0 Å². The highest BCUT2D eigenvalue weighted by atomic mass is 16.5. The van der Waals surface area contributed by atoms with Crippen molar-refractivity contribution in [3.63, 3.8) is 0 Å². The first-order valence-corrected chi connectivity index (χ1v) is 7.78. The van der Waals surface area contributed by atoms with Gasteiger partial charge in [-0.3, -0.25) is 9.59 Å². The number of anilines is 1. The van der Waals surface area contributed by atoms with E-state index in [0.29, 0.717) is 37.0 Å². The summed E-state index contributed by atoms with van der Waals surface area (Å²) in [5, 5.41) is 2.64. The zero-order valence-electron chi connectivity index (χ0n) is 12.7. The Morgan fingerprint density at radius 3 is 2.77 bits per heavy atom. The Kier molecular flexibility index (Phi) is 4.38. The third-order valence-electron chi connectivity index (χ3n) is 4.36. The highest BCUT2D eigenvalue weighted by Gasteiger charge is 2.33. The second kappa shape index (κ2) is 6.44. The van der Waals surface area contributed by atoms with Crippen LogP contribution in [0, 0.1) is 5.92 Å². The number of nitrogens with zero attached hydrogens (tertiary/aromatic N) is 2. The maximum atomic E-state index is 12.5. The third kappa shape index (κ3) is 3.27. The number of amides is 2. The Labute approximate surface area is 129 Å². The molecule has 6 nitrogen and oxygen atoms in total. The molecule has 1 aromatic rings. The summed E-state index contributed by atoms with van der Waals surface area (Å²) in [6.07, 6.45) is 5.36. The maximum absolute atomic E-state index is 12.5. The Balaban J connectivity index is 1.63. The smallest absolute Gasteiger partial charge is 0.272 e. The van der Waals surface area contributed by atoms with Crippen LogP contribution in [0.2, 0.25) is 0 Å². The highest BCUT2D eigenvalue weighted by molar-refractivity contribution is 5.93. The van der Waals surface area contributed by atoms with Crippen molar-refractivity contribution >= 4 is 17.5 Å². The first-order valence-electron chi connectivity index (χ1n) is 7.78. The van der Waals surface area contributed by atoms with Crippen molar-refractivity contribution in [3.8, 4) is 0 Å². The van der Waals surface area contributed by atoms with E-state index in [1.165, 1.54) is 32.4 Å². The van der Waals surface area contributed by atoms with Crippen molar-refractivity contribution in [1.29, 1.82) is 0 Å². The molecule has 22 heavy (non-hydrogen) atoms. The van der Waals surface area contributed by atoms with Gasteiger partial charge in [0.1, 0.15) is 5.69 Å². The SMILES string of the molecule is CC(=O)Nc1ccc(C(=O)N2CCO[C@H](C3CCC3)C2)nc1. The summed E-state index contributed by atoms with van der Waals surface area (Å²) < 4.78 is 5.80. The molecule has 2 amide bonds. The molecular formula is C16H21N3O3. The molecule has 0 spiro atoms. The molecule has 1 saturated heterocycles. The number of pyridine rings is 1. The van der Waals surface area contributed by atoms with E-state index in [4.69, 9.17) is 4.74 Å². The molecular weight excluding hydrogens is 282 g/mol. The second-order valence-corrected chi connectivity index (χ2v) is 5.96. The van der Waals surface area contributed by atoms with E-state index >= 15 is 0 Å². The number of ether oxygens (including phenoxy) is 1. The topological polar surface area (TPSA) is 71.5 Å². The fourth-order valence-electron chi connectivity index (χ4n) is 2.92. The minimum absolute atomic E-state index is 0.0676. The molecule has 0 aromatic carbocycles. The van der Waals surface area contributed by atoms with E-state index in [1.807, 2.05) is 4.90 Å². The average Bonchev–Trinajstić information content (AvgIpc) is 2.45. The third-order valence-corrected chi connectivity index (χ3v) is 4.36. The number of hydrogen-bond donors (Lipinski definition) is 1. The summed E-state index contributed by atoms with van der Waals surface area (Å²) in [5.74, 6) is 0.380. The van der Waals surface area contributed by atoms with Crippen LogP contribution in [0.15, 0.2) is 18.3 Å². The monoisotopic (exact) mass is 303 g/mol. The van der Waals surface area contributed by atoms with Gasteiger partial charge in [0, 0.05) is 20.0 Å². The number of aromatic nitrogens is 1. The summed E-state index contributed by atoms with van der Waals surface area (Å²) in [4.78, 5) is 29.5. The lowest BCUT2D eigenvalue weighted by atomic mass is 9.80. The fourth-order valence-corrected chi connectivity index (χ4v) is 2.92. The first-order chi connectivity index (χ1) is 10.6. The molecule has 0 unspecified atom stereocenters. The predicted octanol–water partition coefficient (Wildman–Crippen LogP) is 1.68. The molecule has 1 aromatic heterocycles. The fraction of sp³-hybridized carbons (Fsp3) is 0.562. The summed E-state index contributed by atoms with van der Waals surface area (Å²) in [5.41, 5.74) is 1.00. The van der Waals surface area contributed by atoms with Crippen LogP contribution in [-0.2, 0) is 9.53 Å². The van der Waals surface area contributed by atoms with E-state index in [2.05, 4.69) is 10.3 Å². The van der Waals surface area contributed by atoms with Crippen LogP contribution in [0.5, 0.6) is 0 Å². The zero-order valence-corrected chi connectivity index (χ0v) is 12.7. The van der Waals surface area contributed by atoms with E-state index in [-0.39, 0.29) is 17.9 Å². The maximum Gasteiger partial charge on any atom is 0.272 e. The molecule has 1 aliphatic carbocycles. The van der Waals surface area contributed by atoms with Crippen molar-refractivity contribution in [3.05, 3.63) is 24.0 Å². The lowest BCUT2D eigenvalue weighted by molar-refractivity contribution is -0.114. The molecule has 1 N–H and O–H groups in total. The van der Waals surface area contributed by atoms with Gasteiger partial charge in [-0.15, -0.1) is 0 Å². The first kappa shape index (κ1) is 15.0. The van der Waals surface area contributed by atoms with Crippen LogP contribution in [0.25, 0.3) is 0 Å². The van der Waals surface area contributed by atoms with Gasteiger partial charge < -0.3 is 15.0 Å². The van der Waals surface area contributed by atoms with Gasteiger partial charge in [-0.1, -0.05) is 6.42 Å². The molecule has 3 rings (SSSR count). The number of morpholine rings is 1. The average molecular weight is 303 g/mol. The molecule has 0 radical (unpaired) electrons. The van der Waals surface area contributed by atoms with Crippen molar-refractivity contribution in [2.75, 3.05) is 25.0 Å². The number of nitrogens with one attached hydrogen (secondary N) is 1. The standard InChI is InChI=1S/C16H21N3O3/c1-11(20)18-13-5-6-14(17-9-13)16(21)19-7-8-22-15(10-19)12-3-2-4-12/h5-6,9,12,15H,2-4,7-8,10H2,1H3,(H,18,20)/t15-/m0/s1. The molecule has 2 aliphatic rings. The largest absolute Gasteiger partial charge is 0.374 e. The molecule has 2 fully saturated rings. The summed E-state index contributed by atoms with van der Waals surface area (Å²) in [6, 6.07) is 3.35. The number of hydrogen-bond acceptors (Lipinski definition) is 4. The van der Waals surface area contributed by atoms with E-state index in [1.54, 1.807) is 12.1 Å². The van der Waals surface area contributed by atoms with E-state index < -0.39 is 0 Å². The normalized spacial score (nSPS) is 22.0. The lowest BCUT2D eigenvalue weighted by Crippen LogP contribution is -2.49. The summed E-state index contributed by atoms with van der Waals surface area (Å²) >= 11 is 0. The van der Waals surface area contributed by atoms with Crippen molar-refractivity contribution in [1.82, 2.24) is 9.88 Å². The molecule has 2 heterocycles. The molecule has 1 aliphatic heterocycles. The van der Waals surface area contributed by atoms with Crippen molar-refractivity contribution < 1.29 is 14.3 Å². The quantitative estimate of drug-likeness (QED) is 0.922. The number of carbonyl (C=O) groups excluding carboxylic acids is 2. The zero-order chi connectivity index (χ0) is 15.5. The Hall–Kier alpha value is -1.95. The van der Waals surface area contributed by atoms with Crippen LogP contribution in [-0.4, -0.2) is 47.5 Å². The van der Waals surface area contributed by atoms with Gasteiger partial charge in [0.05, 0.1) is 24.6 Å². The highest BCUT2D eigenvalue weighted by Crippen LogP contribution is 2.32. The van der Waals surface area contributed by atoms with E-state index in [0.717, 1.165) is 0 Å². The lowest BCUT2D eigenvalue weighted by Gasteiger charge is -2.40. The van der Waals surface area contributed by atoms with Crippen LogP contribution in [0.4, 0.5) is 5.69 Å². The molecule has 118 valence electrons. The van der Waals surface area contributed by atoms with Crippen molar-refractivity contribution in [2.24, 2.45) is 5.92 Å². The van der Waals surface area contributed by atoms with Crippen molar-refractivity contribution in [2.45, 2.75) is 32.3 Å². The van der Waals surface area contributed by atoms with Gasteiger partial charge in [0.25, 0.3) is 5.91 Å². The molecule has 1 atom stereocenters. The van der Waals surface area contributed by atoms with E-state index in [9.17, 15) is 9.59 Å². The molecule has 1 saturated carbocycles. The van der Waals surface area contributed by atoms with Gasteiger partial charge in [-0.25, -0.2) is 4.98 Å². The molecule has 0 bridgehead atoms. The Morgan fingerprint density at radius 1 is 1.36 bits per heavy atom. The Morgan fingerprint density at radius 2 is 2.18 bits per heavy atom. The Bertz CT molecular complexity index is 554. The summed E-state index contributed by atoms with van der Waals surface area (Å²) in [6.45, 7) is 3.29. The van der Waals surface area contributed by atoms with Crippen LogP contribution in [0.3, 0.4) is 0 Å². The predicted molar refractivity (Wildman–Crippen MR) is 81.5 cm³/mol. The van der Waals surface area contributed by atoms with Gasteiger partial charge in [0.2, 0.25) is 5.91 Å². The van der Waals surface area contributed by atoms with Crippen LogP contribution < -0.4 is 5.32 Å².